The lowest BCUT2D eigenvalue weighted by Gasteiger charge is -2.43. The Labute approximate surface area is 172 Å². The summed E-state index contributed by atoms with van der Waals surface area (Å²) in [6.07, 6.45) is 5.29. The number of carbonyl (C=O) groups excluding carboxylic acids is 2. The molecule has 29 heavy (non-hydrogen) atoms. The number of pyridine rings is 1. The highest BCUT2D eigenvalue weighted by Gasteiger charge is 2.45. The van der Waals surface area contributed by atoms with Crippen molar-refractivity contribution in [1.29, 1.82) is 0 Å². The third-order valence-corrected chi connectivity index (χ3v) is 5.24. The molecule has 6 nitrogen and oxygen atoms in total. The molecule has 2 amide bonds. The third kappa shape index (κ3) is 4.82. The zero-order chi connectivity index (χ0) is 20.9. The Balaban J connectivity index is 1.84. The minimum Gasteiger partial charge on any atom is -0.361 e. The molecule has 1 aromatic carbocycles. The fourth-order valence-corrected chi connectivity index (χ4v) is 3.77. The van der Waals surface area contributed by atoms with E-state index in [2.05, 4.69) is 4.98 Å². The number of likely N-dealkylation sites (N-methyl/N-ethyl adjacent to an activating group) is 1. The Morgan fingerprint density at radius 2 is 1.93 bits per heavy atom. The van der Waals surface area contributed by atoms with Crippen molar-refractivity contribution in [2.24, 2.45) is 0 Å². The Kier molecular flexibility index (Phi) is 6.64. The molecule has 1 atom stereocenters. The Morgan fingerprint density at radius 1 is 1.17 bits per heavy atom. The van der Waals surface area contributed by atoms with E-state index in [1.54, 1.807) is 30.1 Å². The quantitative estimate of drug-likeness (QED) is 0.755. The van der Waals surface area contributed by atoms with Crippen LogP contribution in [0.25, 0.3) is 11.1 Å². The van der Waals surface area contributed by atoms with E-state index in [0.717, 1.165) is 23.1 Å². The maximum atomic E-state index is 13.1. The van der Waals surface area contributed by atoms with Crippen LogP contribution < -0.4 is 0 Å². The number of aromatic nitrogens is 1. The van der Waals surface area contributed by atoms with Crippen LogP contribution in [0, 0.1) is 0 Å². The van der Waals surface area contributed by atoms with Gasteiger partial charge in [0.15, 0.2) is 5.60 Å². The minimum atomic E-state index is -1.05. The first-order valence-corrected chi connectivity index (χ1v) is 10.1. The fourth-order valence-electron chi connectivity index (χ4n) is 3.77. The molecular formula is C23H29N3O3. The number of amides is 2. The first-order valence-electron chi connectivity index (χ1n) is 10.1. The van der Waals surface area contributed by atoms with Gasteiger partial charge in [-0.1, -0.05) is 37.3 Å². The zero-order valence-electron chi connectivity index (χ0n) is 17.4. The van der Waals surface area contributed by atoms with E-state index in [0.29, 0.717) is 26.0 Å². The van der Waals surface area contributed by atoms with Crippen LogP contribution >= 0.6 is 0 Å². The molecule has 2 aromatic rings. The van der Waals surface area contributed by atoms with Gasteiger partial charge in [-0.05, 0) is 29.2 Å². The van der Waals surface area contributed by atoms with Crippen molar-refractivity contribution in [3.63, 3.8) is 0 Å². The summed E-state index contributed by atoms with van der Waals surface area (Å²) >= 11 is 0. The van der Waals surface area contributed by atoms with Gasteiger partial charge in [-0.25, -0.2) is 0 Å². The van der Waals surface area contributed by atoms with Gasteiger partial charge in [0.2, 0.25) is 5.91 Å². The van der Waals surface area contributed by atoms with Crippen LogP contribution in [0.1, 0.15) is 25.3 Å². The van der Waals surface area contributed by atoms with Gasteiger partial charge in [-0.15, -0.1) is 0 Å². The van der Waals surface area contributed by atoms with E-state index in [-0.39, 0.29) is 18.4 Å². The first kappa shape index (κ1) is 21.0. The number of nitrogens with zero attached hydrogens (tertiary/aromatic N) is 3. The van der Waals surface area contributed by atoms with Gasteiger partial charge in [0.1, 0.15) is 0 Å². The molecule has 3 rings (SSSR count). The average molecular weight is 396 g/mol. The van der Waals surface area contributed by atoms with Crippen LogP contribution in [-0.2, 0) is 20.7 Å². The molecule has 1 aromatic heterocycles. The monoisotopic (exact) mass is 395 g/mol. The van der Waals surface area contributed by atoms with Crippen molar-refractivity contribution in [2.75, 3.05) is 33.8 Å². The molecule has 6 heteroatoms. The van der Waals surface area contributed by atoms with E-state index in [1.807, 2.05) is 49.5 Å². The standard InChI is InChI=1S/C23H29N3O3/c1-4-6-21(27)26-13-14-29-23(17-26,22(28)25(2)3)15-18-8-10-19(11-9-18)20-7-5-12-24-16-20/h5,7-12,16H,4,6,13-15,17H2,1-3H3. The molecule has 2 heterocycles. The van der Waals surface area contributed by atoms with Crippen LogP contribution in [0.2, 0.25) is 0 Å². The predicted octanol–water partition coefficient (Wildman–Crippen LogP) is 2.78. The maximum absolute atomic E-state index is 13.1. The second-order valence-corrected chi connectivity index (χ2v) is 7.72. The summed E-state index contributed by atoms with van der Waals surface area (Å²) in [6, 6.07) is 12.0. The smallest absolute Gasteiger partial charge is 0.256 e. The van der Waals surface area contributed by atoms with E-state index < -0.39 is 5.60 Å². The summed E-state index contributed by atoms with van der Waals surface area (Å²) in [5.41, 5.74) is 2.06. The molecule has 0 aliphatic carbocycles. The van der Waals surface area contributed by atoms with Crippen LogP contribution in [0.3, 0.4) is 0 Å². The molecule has 0 N–H and O–H groups in total. The molecule has 0 saturated carbocycles. The lowest BCUT2D eigenvalue weighted by Crippen LogP contribution is -2.61. The van der Waals surface area contributed by atoms with Crippen molar-refractivity contribution in [2.45, 2.75) is 31.8 Å². The minimum absolute atomic E-state index is 0.0821. The molecule has 1 aliphatic heterocycles. The number of ether oxygens (including phenoxy) is 1. The highest BCUT2D eigenvalue weighted by molar-refractivity contribution is 5.87. The SMILES string of the molecule is CCCC(=O)N1CCOC(Cc2ccc(-c3cccnc3)cc2)(C(=O)N(C)C)C1. The normalized spacial score (nSPS) is 19.1. The van der Waals surface area contributed by atoms with Crippen molar-refractivity contribution in [3.8, 4) is 11.1 Å². The first-order chi connectivity index (χ1) is 13.9. The Hall–Kier alpha value is -2.73. The third-order valence-electron chi connectivity index (χ3n) is 5.24. The summed E-state index contributed by atoms with van der Waals surface area (Å²) in [4.78, 5) is 33.1. The lowest BCUT2D eigenvalue weighted by atomic mass is 9.90. The van der Waals surface area contributed by atoms with Crippen molar-refractivity contribution in [3.05, 3.63) is 54.4 Å². The summed E-state index contributed by atoms with van der Waals surface area (Å²) in [6.45, 7) is 3.16. The molecule has 154 valence electrons. The topological polar surface area (TPSA) is 62.7 Å². The Morgan fingerprint density at radius 3 is 2.55 bits per heavy atom. The Bertz CT molecular complexity index is 836. The number of carbonyl (C=O) groups is 2. The van der Waals surface area contributed by atoms with Crippen molar-refractivity contribution < 1.29 is 14.3 Å². The zero-order valence-corrected chi connectivity index (χ0v) is 17.4. The maximum Gasteiger partial charge on any atom is 0.256 e. The van der Waals surface area contributed by atoms with E-state index in [9.17, 15) is 9.59 Å². The number of morpholine rings is 1. The van der Waals surface area contributed by atoms with Gasteiger partial charge in [-0.2, -0.15) is 0 Å². The van der Waals surface area contributed by atoms with Crippen LogP contribution in [0.4, 0.5) is 0 Å². The molecular weight excluding hydrogens is 366 g/mol. The molecule has 0 radical (unpaired) electrons. The summed E-state index contributed by atoms with van der Waals surface area (Å²) in [5.74, 6) is -0.0264. The second kappa shape index (κ2) is 9.18. The number of hydrogen-bond donors (Lipinski definition) is 0. The van der Waals surface area contributed by atoms with E-state index in [1.165, 1.54) is 0 Å². The average Bonchev–Trinajstić information content (AvgIpc) is 2.74. The lowest BCUT2D eigenvalue weighted by molar-refractivity contribution is -0.172. The fraction of sp³-hybridized carbons (Fsp3) is 0.435. The summed E-state index contributed by atoms with van der Waals surface area (Å²) in [7, 11) is 3.46. The van der Waals surface area contributed by atoms with Crippen LogP contribution in [0.5, 0.6) is 0 Å². The van der Waals surface area contributed by atoms with Gasteiger partial charge >= 0.3 is 0 Å². The van der Waals surface area contributed by atoms with Crippen molar-refractivity contribution in [1.82, 2.24) is 14.8 Å². The largest absolute Gasteiger partial charge is 0.361 e. The second-order valence-electron chi connectivity index (χ2n) is 7.72. The summed E-state index contributed by atoms with van der Waals surface area (Å²) in [5, 5.41) is 0. The molecule has 1 unspecified atom stereocenters. The van der Waals surface area contributed by atoms with Gasteiger partial charge in [0, 0.05) is 45.9 Å². The van der Waals surface area contributed by atoms with Gasteiger partial charge < -0.3 is 14.5 Å². The number of rotatable bonds is 6. The number of benzene rings is 1. The molecule has 0 bridgehead atoms. The molecule has 1 fully saturated rings. The molecule has 1 saturated heterocycles. The van der Waals surface area contributed by atoms with E-state index in [4.69, 9.17) is 4.74 Å². The van der Waals surface area contributed by atoms with Crippen LogP contribution in [0.15, 0.2) is 48.8 Å². The van der Waals surface area contributed by atoms with E-state index >= 15 is 0 Å². The van der Waals surface area contributed by atoms with Gasteiger partial charge in [0.25, 0.3) is 5.91 Å². The summed E-state index contributed by atoms with van der Waals surface area (Å²) < 4.78 is 6.07. The van der Waals surface area contributed by atoms with Gasteiger partial charge in [-0.3, -0.25) is 14.6 Å². The van der Waals surface area contributed by atoms with Crippen LogP contribution in [-0.4, -0.2) is 66.0 Å². The molecule has 1 aliphatic rings. The highest BCUT2D eigenvalue weighted by atomic mass is 16.5. The molecule has 0 spiro atoms. The highest BCUT2D eigenvalue weighted by Crippen LogP contribution is 2.27. The van der Waals surface area contributed by atoms with Gasteiger partial charge in [0.05, 0.1) is 13.2 Å². The number of hydrogen-bond acceptors (Lipinski definition) is 4. The predicted molar refractivity (Wildman–Crippen MR) is 112 cm³/mol. The van der Waals surface area contributed by atoms with Crippen molar-refractivity contribution >= 4 is 11.8 Å².